The van der Waals surface area contributed by atoms with E-state index in [0.29, 0.717) is 13.8 Å². The summed E-state index contributed by atoms with van der Waals surface area (Å²) in [5, 5.41) is 8.57. The molecule has 0 aromatic carbocycles. The van der Waals surface area contributed by atoms with Crippen molar-refractivity contribution < 1.29 is 26.7 Å². The molecule has 0 rings (SSSR count). The standard InChI is InChI=1S/C4H7F3O3S/c1-3(2,8)11(9,10)4(5,6)7/h8H,1-2H3. The third-order valence-corrected chi connectivity index (χ3v) is 2.89. The maximum absolute atomic E-state index is 11.6. The lowest BCUT2D eigenvalue weighted by Gasteiger charge is -2.19. The predicted molar refractivity (Wildman–Crippen MR) is 31.3 cm³/mol. The van der Waals surface area contributed by atoms with Crippen molar-refractivity contribution in [3.8, 4) is 0 Å². The van der Waals surface area contributed by atoms with Crippen molar-refractivity contribution in [3.63, 3.8) is 0 Å². The van der Waals surface area contributed by atoms with E-state index in [0.717, 1.165) is 0 Å². The van der Waals surface area contributed by atoms with Crippen LogP contribution in [0.25, 0.3) is 0 Å². The van der Waals surface area contributed by atoms with Crippen LogP contribution < -0.4 is 0 Å². The van der Waals surface area contributed by atoms with Crippen LogP contribution in [-0.2, 0) is 9.84 Å². The smallest absolute Gasteiger partial charge is 0.374 e. The lowest BCUT2D eigenvalue weighted by molar-refractivity contribution is -0.0509. The number of hydrogen-bond donors (Lipinski definition) is 1. The van der Waals surface area contributed by atoms with E-state index in [-0.39, 0.29) is 0 Å². The van der Waals surface area contributed by atoms with Gasteiger partial charge in [0.15, 0.2) is 4.93 Å². The normalized spacial score (nSPS) is 15.1. The molecular formula is C4H7F3O3S. The van der Waals surface area contributed by atoms with E-state index < -0.39 is 20.3 Å². The Morgan fingerprint density at radius 3 is 1.45 bits per heavy atom. The highest BCUT2D eigenvalue weighted by Crippen LogP contribution is 2.31. The Kier molecular flexibility index (Phi) is 2.28. The Morgan fingerprint density at radius 1 is 1.18 bits per heavy atom. The highest BCUT2D eigenvalue weighted by molar-refractivity contribution is 7.93. The number of sulfone groups is 1. The first-order chi connectivity index (χ1) is 4.50. The summed E-state index contributed by atoms with van der Waals surface area (Å²) < 4.78 is 55.3. The summed E-state index contributed by atoms with van der Waals surface area (Å²) in [6, 6.07) is 0. The van der Waals surface area contributed by atoms with Gasteiger partial charge in [0.1, 0.15) is 0 Å². The van der Waals surface area contributed by atoms with E-state index in [1.165, 1.54) is 0 Å². The van der Waals surface area contributed by atoms with Crippen molar-refractivity contribution in [2.75, 3.05) is 0 Å². The lowest BCUT2D eigenvalue weighted by atomic mass is 10.5. The Morgan fingerprint density at radius 2 is 1.45 bits per heavy atom. The fourth-order valence-corrected chi connectivity index (χ4v) is 0.850. The zero-order chi connectivity index (χ0) is 9.50. The summed E-state index contributed by atoms with van der Waals surface area (Å²) in [6.07, 6.45) is 0. The van der Waals surface area contributed by atoms with Crippen LogP contribution in [0.15, 0.2) is 0 Å². The van der Waals surface area contributed by atoms with Crippen molar-refractivity contribution in [1.82, 2.24) is 0 Å². The van der Waals surface area contributed by atoms with Crippen LogP contribution >= 0.6 is 0 Å². The predicted octanol–water partition coefficient (Wildman–Crippen LogP) is 0.649. The van der Waals surface area contributed by atoms with E-state index in [4.69, 9.17) is 5.11 Å². The summed E-state index contributed by atoms with van der Waals surface area (Å²) in [4.78, 5) is -2.77. The Balaban J connectivity index is 5.11. The molecule has 0 spiro atoms. The topological polar surface area (TPSA) is 54.4 Å². The molecule has 0 unspecified atom stereocenters. The van der Waals surface area contributed by atoms with E-state index in [1.807, 2.05) is 0 Å². The molecule has 0 bridgehead atoms. The molecule has 0 aliphatic rings. The van der Waals surface area contributed by atoms with Crippen LogP contribution in [0.1, 0.15) is 13.8 Å². The monoisotopic (exact) mass is 192 g/mol. The highest BCUT2D eigenvalue weighted by atomic mass is 32.2. The third-order valence-electron chi connectivity index (χ3n) is 0.962. The van der Waals surface area contributed by atoms with Crippen LogP contribution in [0, 0.1) is 0 Å². The highest BCUT2D eigenvalue weighted by Gasteiger charge is 2.54. The zero-order valence-electron chi connectivity index (χ0n) is 5.81. The molecule has 7 heteroatoms. The second-order valence-corrected chi connectivity index (χ2v) is 4.86. The van der Waals surface area contributed by atoms with Crippen LogP contribution in [-0.4, -0.2) is 24.0 Å². The second-order valence-electron chi connectivity index (χ2n) is 2.40. The number of alkyl halides is 3. The van der Waals surface area contributed by atoms with Crippen LogP contribution in [0.5, 0.6) is 0 Å². The van der Waals surface area contributed by atoms with Gasteiger partial charge in [-0.05, 0) is 13.8 Å². The largest absolute Gasteiger partial charge is 0.500 e. The Labute approximate surface area is 61.8 Å². The second kappa shape index (κ2) is 2.34. The van der Waals surface area contributed by atoms with E-state index in [9.17, 15) is 21.6 Å². The molecule has 0 aliphatic carbocycles. The number of halogens is 3. The van der Waals surface area contributed by atoms with Gasteiger partial charge in [-0.3, -0.25) is 0 Å². The van der Waals surface area contributed by atoms with E-state index in [2.05, 4.69) is 0 Å². The third kappa shape index (κ3) is 1.84. The van der Waals surface area contributed by atoms with Crippen molar-refractivity contribution >= 4 is 9.84 Å². The molecule has 0 aromatic rings. The molecule has 3 nitrogen and oxygen atoms in total. The van der Waals surface area contributed by atoms with E-state index >= 15 is 0 Å². The molecule has 0 radical (unpaired) electrons. The lowest BCUT2D eigenvalue weighted by Crippen LogP contribution is -2.41. The molecule has 0 atom stereocenters. The summed E-state index contributed by atoms with van der Waals surface area (Å²) in [7, 11) is -5.46. The van der Waals surface area contributed by atoms with Crippen LogP contribution in [0.2, 0.25) is 0 Å². The SMILES string of the molecule is CC(C)(O)S(=O)(=O)C(F)(F)F. The van der Waals surface area contributed by atoms with E-state index in [1.54, 1.807) is 0 Å². The molecule has 0 amide bonds. The first kappa shape index (κ1) is 10.7. The fourth-order valence-electron chi connectivity index (χ4n) is 0.283. The van der Waals surface area contributed by atoms with Gasteiger partial charge in [-0.2, -0.15) is 13.2 Å². The van der Waals surface area contributed by atoms with Gasteiger partial charge in [0, 0.05) is 0 Å². The molecule has 0 saturated carbocycles. The summed E-state index contributed by atoms with van der Waals surface area (Å²) in [5.74, 6) is 0. The van der Waals surface area contributed by atoms with Gasteiger partial charge in [-0.1, -0.05) is 0 Å². The minimum atomic E-state index is -5.46. The van der Waals surface area contributed by atoms with Gasteiger partial charge in [0.25, 0.3) is 9.84 Å². The average Bonchev–Trinajstić information content (AvgIpc) is 1.58. The van der Waals surface area contributed by atoms with Gasteiger partial charge < -0.3 is 5.11 Å². The quantitative estimate of drug-likeness (QED) is 0.663. The van der Waals surface area contributed by atoms with Crippen molar-refractivity contribution in [2.45, 2.75) is 24.3 Å². The first-order valence-electron chi connectivity index (χ1n) is 2.53. The molecule has 0 fully saturated rings. The van der Waals surface area contributed by atoms with Crippen LogP contribution in [0.3, 0.4) is 0 Å². The average molecular weight is 192 g/mol. The molecule has 0 heterocycles. The minimum absolute atomic E-state index is 0.565. The summed E-state index contributed by atoms with van der Waals surface area (Å²) in [6.45, 7) is 1.13. The van der Waals surface area contributed by atoms with Crippen molar-refractivity contribution in [2.24, 2.45) is 0 Å². The molecular weight excluding hydrogens is 185 g/mol. The minimum Gasteiger partial charge on any atom is -0.374 e. The first-order valence-corrected chi connectivity index (χ1v) is 4.02. The summed E-state index contributed by atoms with van der Waals surface area (Å²) in [5.41, 5.74) is -5.40. The van der Waals surface area contributed by atoms with Crippen molar-refractivity contribution in [3.05, 3.63) is 0 Å². The molecule has 0 aromatic heterocycles. The number of aliphatic hydroxyl groups is 1. The van der Waals surface area contributed by atoms with Crippen LogP contribution in [0.4, 0.5) is 13.2 Å². The maximum atomic E-state index is 11.6. The molecule has 11 heavy (non-hydrogen) atoms. The van der Waals surface area contributed by atoms with Gasteiger partial charge in [0.05, 0.1) is 0 Å². The number of hydrogen-bond acceptors (Lipinski definition) is 3. The van der Waals surface area contributed by atoms with Gasteiger partial charge in [-0.25, -0.2) is 8.42 Å². The van der Waals surface area contributed by atoms with Gasteiger partial charge >= 0.3 is 5.51 Å². The molecule has 1 N–H and O–H groups in total. The molecule has 0 aliphatic heterocycles. The van der Waals surface area contributed by atoms with Crippen molar-refractivity contribution in [1.29, 1.82) is 0 Å². The fraction of sp³-hybridized carbons (Fsp3) is 1.00. The summed E-state index contributed by atoms with van der Waals surface area (Å²) >= 11 is 0. The van der Waals surface area contributed by atoms with Gasteiger partial charge in [0.2, 0.25) is 0 Å². The maximum Gasteiger partial charge on any atom is 0.500 e. The Bertz CT molecular complexity index is 212. The zero-order valence-corrected chi connectivity index (χ0v) is 6.62. The molecule has 68 valence electrons. The molecule has 0 saturated heterocycles. The Hall–Kier alpha value is -0.300. The number of rotatable bonds is 1. The van der Waals surface area contributed by atoms with Gasteiger partial charge in [-0.15, -0.1) is 0 Å².